The molecular weight excluding hydrogens is 210 g/mol. The van der Waals surface area contributed by atoms with E-state index >= 15 is 0 Å². The molecule has 0 spiro atoms. The Labute approximate surface area is 104 Å². The minimum absolute atomic E-state index is 0.700. The van der Waals surface area contributed by atoms with Crippen LogP contribution in [0.3, 0.4) is 0 Å². The van der Waals surface area contributed by atoms with Gasteiger partial charge in [-0.25, -0.2) is 0 Å². The molecule has 0 aliphatic carbocycles. The zero-order valence-electron chi connectivity index (χ0n) is 10.9. The zero-order valence-corrected chi connectivity index (χ0v) is 10.9. The van der Waals surface area contributed by atoms with Crippen LogP contribution in [-0.2, 0) is 6.42 Å². The number of ether oxygens (including phenoxy) is 1. The van der Waals surface area contributed by atoms with Gasteiger partial charge in [-0.3, -0.25) is 0 Å². The summed E-state index contributed by atoms with van der Waals surface area (Å²) in [6.45, 7) is 3.56. The van der Waals surface area contributed by atoms with Gasteiger partial charge >= 0.3 is 0 Å². The molecule has 1 aromatic carbocycles. The van der Waals surface area contributed by atoms with E-state index in [1.54, 1.807) is 7.11 Å². The number of nitrogens with one attached hydrogen (secondary N) is 1. The Balaban J connectivity index is 1.84. The number of rotatable bonds is 4. The van der Waals surface area contributed by atoms with Gasteiger partial charge in [0.05, 0.1) is 7.11 Å². The predicted octanol–water partition coefficient (Wildman–Crippen LogP) is 3.02. The summed E-state index contributed by atoms with van der Waals surface area (Å²) in [5, 5.41) is 3.64. The summed E-state index contributed by atoms with van der Waals surface area (Å²) in [7, 11) is 1.71. The predicted molar refractivity (Wildman–Crippen MR) is 71.5 cm³/mol. The van der Waals surface area contributed by atoms with Crippen LogP contribution >= 0.6 is 0 Å². The smallest absolute Gasteiger partial charge is 0.118 e. The van der Waals surface area contributed by atoms with E-state index in [1.807, 2.05) is 12.1 Å². The molecule has 1 heterocycles. The van der Waals surface area contributed by atoms with Gasteiger partial charge in [0.2, 0.25) is 0 Å². The first-order valence-corrected chi connectivity index (χ1v) is 6.66. The Morgan fingerprint density at radius 3 is 2.71 bits per heavy atom. The molecule has 1 fully saturated rings. The molecule has 2 nitrogen and oxygen atoms in total. The summed E-state index contributed by atoms with van der Waals surface area (Å²) < 4.78 is 5.17. The number of piperidine rings is 1. The molecule has 0 radical (unpaired) electrons. The number of benzene rings is 1. The van der Waals surface area contributed by atoms with Crippen molar-refractivity contribution in [2.45, 2.75) is 38.6 Å². The van der Waals surface area contributed by atoms with Gasteiger partial charge in [0, 0.05) is 6.04 Å². The van der Waals surface area contributed by atoms with Gasteiger partial charge in [0.25, 0.3) is 0 Å². The van der Waals surface area contributed by atoms with Gasteiger partial charge in [-0.1, -0.05) is 19.1 Å². The van der Waals surface area contributed by atoms with Crippen LogP contribution in [0, 0.1) is 5.92 Å². The summed E-state index contributed by atoms with van der Waals surface area (Å²) in [6, 6.07) is 9.14. The van der Waals surface area contributed by atoms with Crippen LogP contribution in [0.4, 0.5) is 0 Å². The van der Waals surface area contributed by atoms with E-state index in [-0.39, 0.29) is 0 Å². The van der Waals surface area contributed by atoms with E-state index in [4.69, 9.17) is 4.74 Å². The summed E-state index contributed by atoms with van der Waals surface area (Å²) in [5.74, 6) is 1.76. The molecule has 0 aromatic heterocycles. The number of hydrogen-bond donors (Lipinski definition) is 1. The third kappa shape index (κ3) is 3.47. The van der Waals surface area contributed by atoms with Crippen molar-refractivity contribution < 1.29 is 4.74 Å². The van der Waals surface area contributed by atoms with E-state index in [2.05, 4.69) is 24.4 Å². The lowest BCUT2D eigenvalue weighted by molar-refractivity contribution is 0.286. The summed E-state index contributed by atoms with van der Waals surface area (Å²) >= 11 is 0. The highest BCUT2D eigenvalue weighted by atomic mass is 16.5. The van der Waals surface area contributed by atoms with Crippen LogP contribution in [0.5, 0.6) is 5.75 Å². The molecule has 1 saturated heterocycles. The van der Waals surface area contributed by atoms with E-state index in [0.717, 1.165) is 18.1 Å². The van der Waals surface area contributed by atoms with Gasteiger partial charge in [0.15, 0.2) is 0 Å². The second-order valence-electron chi connectivity index (χ2n) is 5.07. The largest absolute Gasteiger partial charge is 0.497 e. The van der Waals surface area contributed by atoms with Crippen molar-refractivity contribution in [2.75, 3.05) is 13.7 Å². The maximum atomic E-state index is 5.17. The van der Waals surface area contributed by atoms with Crippen molar-refractivity contribution >= 4 is 0 Å². The molecule has 1 N–H and O–H groups in total. The van der Waals surface area contributed by atoms with Crippen molar-refractivity contribution in [3.05, 3.63) is 29.8 Å². The summed E-state index contributed by atoms with van der Waals surface area (Å²) in [5.41, 5.74) is 1.41. The van der Waals surface area contributed by atoms with Gasteiger partial charge in [-0.2, -0.15) is 0 Å². The third-order valence-corrected chi connectivity index (χ3v) is 3.83. The van der Waals surface area contributed by atoms with Crippen LogP contribution < -0.4 is 10.1 Å². The molecule has 2 heteroatoms. The van der Waals surface area contributed by atoms with Gasteiger partial charge in [0.1, 0.15) is 5.75 Å². The first kappa shape index (κ1) is 12.4. The van der Waals surface area contributed by atoms with E-state index in [0.29, 0.717) is 6.04 Å². The van der Waals surface area contributed by atoms with Crippen molar-refractivity contribution in [1.82, 2.24) is 5.32 Å². The lowest BCUT2D eigenvalue weighted by Crippen LogP contribution is -2.40. The molecule has 2 unspecified atom stereocenters. The van der Waals surface area contributed by atoms with E-state index in [9.17, 15) is 0 Å². The highest BCUT2D eigenvalue weighted by molar-refractivity contribution is 5.27. The van der Waals surface area contributed by atoms with Crippen LogP contribution in [0.1, 0.15) is 31.7 Å². The fourth-order valence-electron chi connectivity index (χ4n) is 2.61. The SMILES string of the molecule is COc1ccc(CCC2NCCCC2C)cc1. The molecule has 1 aromatic rings. The normalized spacial score (nSPS) is 24.6. The Kier molecular flexibility index (Phi) is 4.43. The van der Waals surface area contributed by atoms with Gasteiger partial charge < -0.3 is 10.1 Å². The monoisotopic (exact) mass is 233 g/mol. The summed E-state index contributed by atoms with van der Waals surface area (Å²) in [4.78, 5) is 0. The number of aryl methyl sites for hydroxylation is 1. The number of hydrogen-bond acceptors (Lipinski definition) is 2. The molecule has 0 bridgehead atoms. The van der Waals surface area contributed by atoms with Crippen molar-refractivity contribution in [3.8, 4) is 5.75 Å². The van der Waals surface area contributed by atoms with Crippen LogP contribution in [-0.4, -0.2) is 19.7 Å². The quantitative estimate of drug-likeness (QED) is 0.863. The molecule has 2 atom stereocenters. The fourth-order valence-corrected chi connectivity index (χ4v) is 2.61. The molecule has 2 rings (SSSR count). The van der Waals surface area contributed by atoms with E-state index < -0.39 is 0 Å². The molecule has 1 aliphatic rings. The van der Waals surface area contributed by atoms with Crippen molar-refractivity contribution in [1.29, 1.82) is 0 Å². The first-order chi connectivity index (χ1) is 8.29. The lowest BCUT2D eigenvalue weighted by atomic mass is 9.89. The third-order valence-electron chi connectivity index (χ3n) is 3.83. The first-order valence-electron chi connectivity index (χ1n) is 6.66. The Morgan fingerprint density at radius 2 is 2.06 bits per heavy atom. The second kappa shape index (κ2) is 6.06. The number of methoxy groups -OCH3 is 1. The lowest BCUT2D eigenvalue weighted by Gasteiger charge is -2.30. The van der Waals surface area contributed by atoms with Crippen LogP contribution in [0.25, 0.3) is 0 Å². The fraction of sp³-hybridized carbons (Fsp3) is 0.600. The minimum Gasteiger partial charge on any atom is -0.497 e. The average molecular weight is 233 g/mol. The van der Waals surface area contributed by atoms with Gasteiger partial charge in [-0.15, -0.1) is 0 Å². The maximum Gasteiger partial charge on any atom is 0.118 e. The molecule has 17 heavy (non-hydrogen) atoms. The minimum atomic E-state index is 0.700. The Bertz CT molecular complexity index is 333. The Morgan fingerprint density at radius 1 is 1.29 bits per heavy atom. The molecule has 94 valence electrons. The zero-order chi connectivity index (χ0) is 12.1. The summed E-state index contributed by atoms with van der Waals surface area (Å²) in [6.07, 6.45) is 5.11. The molecule has 0 saturated carbocycles. The van der Waals surface area contributed by atoms with E-state index in [1.165, 1.54) is 31.4 Å². The molecular formula is C15H23NO. The molecule has 0 amide bonds. The van der Waals surface area contributed by atoms with Crippen molar-refractivity contribution in [3.63, 3.8) is 0 Å². The average Bonchev–Trinajstić information content (AvgIpc) is 2.38. The van der Waals surface area contributed by atoms with Crippen molar-refractivity contribution in [2.24, 2.45) is 5.92 Å². The standard InChI is InChI=1S/C15H23NO/c1-12-4-3-11-16-15(12)10-7-13-5-8-14(17-2)9-6-13/h5-6,8-9,12,15-16H,3-4,7,10-11H2,1-2H3. The second-order valence-corrected chi connectivity index (χ2v) is 5.07. The van der Waals surface area contributed by atoms with Gasteiger partial charge in [-0.05, 0) is 55.8 Å². The Hall–Kier alpha value is -1.02. The van der Waals surface area contributed by atoms with Crippen LogP contribution in [0.15, 0.2) is 24.3 Å². The maximum absolute atomic E-state index is 5.17. The highest BCUT2D eigenvalue weighted by Crippen LogP contribution is 2.20. The molecule has 1 aliphatic heterocycles. The van der Waals surface area contributed by atoms with Crippen LogP contribution in [0.2, 0.25) is 0 Å². The topological polar surface area (TPSA) is 21.3 Å². The highest BCUT2D eigenvalue weighted by Gasteiger charge is 2.19.